The third kappa shape index (κ3) is 3.79. The number of ether oxygens (including phenoxy) is 2. The maximum Gasteiger partial charge on any atom is 0.172 e. The Morgan fingerprint density at radius 1 is 1.35 bits per heavy atom. The zero-order chi connectivity index (χ0) is 14.5. The van der Waals surface area contributed by atoms with E-state index in [4.69, 9.17) is 15.2 Å². The van der Waals surface area contributed by atoms with Gasteiger partial charge in [-0.3, -0.25) is 4.90 Å². The molecule has 4 heteroatoms. The van der Waals surface area contributed by atoms with Crippen molar-refractivity contribution in [3.8, 4) is 0 Å². The predicted octanol–water partition coefficient (Wildman–Crippen LogP) is 2.16. The molecule has 0 unspecified atom stereocenters. The molecule has 1 fully saturated rings. The summed E-state index contributed by atoms with van der Waals surface area (Å²) in [4.78, 5) is 2.32. The van der Waals surface area contributed by atoms with Gasteiger partial charge in [0, 0.05) is 19.7 Å². The molecule has 4 nitrogen and oxygen atoms in total. The van der Waals surface area contributed by atoms with Gasteiger partial charge in [0.25, 0.3) is 0 Å². The predicted molar refractivity (Wildman–Crippen MR) is 80.4 cm³/mol. The van der Waals surface area contributed by atoms with E-state index in [-0.39, 0.29) is 18.4 Å². The molecule has 0 spiro atoms. The first-order chi connectivity index (χ1) is 9.61. The van der Waals surface area contributed by atoms with Gasteiger partial charge in [0.1, 0.15) is 0 Å². The first kappa shape index (κ1) is 15.4. The third-order valence-corrected chi connectivity index (χ3v) is 4.17. The van der Waals surface area contributed by atoms with Crippen LogP contribution < -0.4 is 5.73 Å². The minimum atomic E-state index is -0.269. The van der Waals surface area contributed by atoms with E-state index < -0.39 is 0 Å². The van der Waals surface area contributed by atoms with Crippen LogP contribution in [0.3, 0.4) is 0 Å². The van der Waals surface area contributed by atoms with E-state index in [1.54, 1.807) is 7.11 Å². The summed E-state index contributed by atoms with van der Waals surface area (Å²) in [6.07, 6.45) is 1.87. The molecule has 1 aliphatic heterocycles. The number of hydrogen-bond acceptors (Lipinski definition) is 4. The molecule has 0 saturated carbocycles. The fourth-order valence-corrected chi connectivity index (χ4v) is 2.70. The summed E-state index contributed by atoms with van der Waals surface area (Å²) in [5.74, 6) is 0. The van der Waals surface area contributed by atoms with Crippen LogP contribution in [0.15, 0.2) is 30.3 Å². The lowest BCUT2D eigenvalue weighted by molar-refractivity contribution is -0.193. The van der Waals surface area contributed by atoms with E-state index in [9.17, 15) is 0 Å². The molecule has 1 saturated heterocycles. The Bertz CT molecular complexity index is 399. The van der Waals surface area contributed by atoms with Gasteiger partial charge >= 0.3 is 0 Å². The van der Waals surface area contributed by atoms with Crippen molar-refractivity contribution in [3.63, 3.8) is 0 Å². The standard InChI is InChI=1S/C16H26N2O2/c1-12(13-7-5-4-6-8-13)18(2)11-14-9-10-15(17)16(19-3)20-14/h4-8,12,14-16H,9-11,17H2,1-3H3/t12-,14+,15-,16+/m0/s1. The molecule has 2 N–H and O–H groups in total. The van der Waals surface area contributed by atoms with Gasteiger partial charge in [-0.15, -0.1) is 0 Å². The van der Waals surface area contributed by atoms with Crippen molar-refractivity contribution >= 4 is 0 Å². The van der Waals surface area contributed by atoms with Gasteiger partial charge in [-0.05, 0) is 32.4 Å². The van der Waals surface area contributed by atoms with Crippen molar-refractivity contribution in [2.24, 2.45) is 5.73 Å². The molecule has 0 aromatic heterocycles. The molecular formula is C16H26N2O2. The molecular weight excluding hydrogens is 252 g/mol. The second-order valence-electron chi connectivity index (χ2n) is 5.63. The van der Waals surface area contributed by atoms with Gasteiger partial charge < -0.3 is 15.2 Å². The van der Waals surface area contributed by atoms with Crippen LogP contribution in [-0.2, 0) is 9.47 Å². The molecule has 2 rings (SSSR count). The Kier molecular flexibility index (Phi) is 5.54. The lowest BCUT2D eigenvalue weighted by Crippen LogP contribution is -2.48. The number of rotatable bonds is 5. The highest BCUT2D eigenvalue weighted by Crippen LogP contribution is 2.23. The molecule has 1 aliphatic rings. The van der Waals surface area contributed by atoms with Crippen LogP contribution in [0, 0.1) is 0 Å². The highest BCUT2D eigenvalue weighted by molar-refractivity contribution is 5.18. The summed E-state index contributed by atoms with van der Waals surface area (Å²) in [6.45, 7) is 3.11. The monoisotopic (exact) mass is 278 g/mol. The van der Waals surface area contributed by atoms with Gasteiger partial charge in [-0.25, -0.2) is 0 Å². The van der Waals surface area contributed by atoms with E-state index >= 15 is 0 Å². The Hall–Kier alpha value is -0.940. The van der Waals surface area contributed by atoms with E-state index in [1.165, 1.54) is 5.56 Å². The SMILES string of the molecule is CO[C@@H]1O[C@@H](CN(C)[C@@H](C)c2ccccc2)CC[C@@H]1N. The van der Waals surface area contributed by atoms with Crippen LogP contribution in [0.2, 0.25) is 0 Å². The summed E-state index contributed by atoms with van der Waals surface area (Å²) < 4.78 is 11.2. The van der Waals surface area contributed by atoms with Gasteiger partial charge in [0.05, 0.1) is 12.1 Å². The van der Waals surface area contributed by atoms with Crippen LogP contribution in [0.5, 0.6) is 0 Å². The molecule has 0 aliphatic carbocycles. The van der Waals surface area contributed by atoms with Crippen molar-refractivity contribution in [2.75, 3.05) is 20.7 Å². The summed E-state index contributed by atoms with van der Waals surface area (Å²) >= 11 is 0. The molecule has 4 atom stereocenters. The van der Waals surface area contributed by atoms with Crippen LogP contribution in [0.1, 0.15) is 31.4 Å². The fourth-order valence-electron chi connectivity index (χ4n) is 2.70. The van der Waals surface area contributed by atoms with E-state index in [0.717, 1.165) is 19.4 Å². The molecule has 1 heterocycles. The Morgan fingerprint density at radius 2 is 2.05 bits per heavy atom. The highest BCUT2D eigenvalue weighted by atomic mass is 16.7. The van der Waals surface area contributed by atoms with Crippen LogP contribution in [0.4, 0.5) is 0 Å². The van der Waals surface area contributed by atoms with Gasteiger partial charge in [0.2, 0.25) is 0 Å². The summed E-state index contributed by atoms with van der Waals surface area (Å²) in [6, 6.07) is 10.9. The van der Waals surface area contributed by atoms with Crippen LogP contribution in [-0.4, -0.2) is 44.0 Å². The second-order valence-corrected chi connectivity index (χ2v) is 5.63. The van der Waals surface area contributed by atoms with E-state index in [2.05, 4.69) is 43.1 Å². The Labute approximate surface area is 121 Å². The topological polar surface area (TPSA) is 47.7 Å². The number of nitrogens with two attached hydrogens (primary N) is 1. The third-order valence-electron chi connectivity index (χ3n) is 4.17. The van der Waals surface area contributed by atoms with E-state index in [1.807, 2.05) is 6.07 Å². The van der Waals surface area contributed by atoms with Crippen molar-refractivity contribution < 1.29 is 9.47 Å². The average molecular weight is 278 g/mol. The van der Waals surface area contributed by atoms with Gasteiger partial charge in [0.15, 0.2) is 6.29 Å². The first-order valence-electron chi connectivity index (χ1n) is 7.31. The normalized spacial score (nSPS) is 28.6. The number of methoxy groups -OCH3 is 1. The summed E-state index contributed by atoms with van der Waals surface area (Å²) in [5.41, 5.74) is 7.29. The molecule has 20 heavy (non-hydrogen) atoms. The van der Waals surface area contributed by atoms with E-state index in [0.29, 0.717) is 6.04 Å². The highest BCUT2D eigenvalue weighted by Gasteiger charge is 2.30. The number of nitrogens with zero attached hydrogens (tertiary/aromatic N) is 1. The average Bonchev–Trinajstić information content (AvgIpc) is 2.49. The fraction of sp³-hybridized carbons (Fsp3) is 0.625. The maximum absolute atomic E-state index is 5.97. The largest absolute Gasteiger partial charge is 0.354 e. The number of hydrogen-bond donors (Lipinski definition) is 1. The van der Waals surface area contributed by atoms with Crippen molar-refractivity contribution in [2.45, 2.75) is 44.2 Å². The lowest BCUT2D eigenvalue weighted by Gasteiger charge is -2.36. The lowest BCUT2D eigenvalue weighted by atomic mass is 10.0. The van der Waals surface area contributed by atoms with Crippen molar-refractivity contribution in [1.82, 2.24) is 4.90 Å². The molecule has 0 bridgehead atoms. The molecule has 112 valence electrons. The van der Waals surface area contributed by atoms with Crippen molar-refractivity contribution in [3.05, 3.63) is 35.9 Å². The summed E-state index contributed by atoms with van der Waals surface area (Å²) in [5, 5.41) is 0. The molecule has 1 aromatic rings. The number of benzene rings is 1. The van der Waals surface area contributed by atoms with Gasteiger partial charge in [-0.2, -0.15) is 0 Å². The second kappa shape index (κ2) is 7.18. The minimum absolute atomic E-state index is 0.00639. The Morgan fingerprint density at radius 3 is 2.70 bits per heavy atom. The summed E-state index contributed by atoms with van der Waals surface area (Å²) in [7, 11) is 3.79. The van der Waals surface area contributed by atoms with Gasteiger partial charge in [-0.1, -0.05) is 30.3 Å². The smallest absolute Gasteiger partial charge is 0.172 e. The zero-order valence-corrected chi connectivity index (χ0v) is 12.7. The minimum Gasteiger partial charge on any atom is -0.354 e. The Balaban J connectivity index is 1.89. The van der Waals surface area contributed by atoms with Crippen LogP contribution in [0.25, 0.3) is 0 Å². The molecule has 1 aromatic carbocycles. The number of likely N-dealkylation sites (N-methyl/N-ethyl adjacent to an activating group) is 1. The maximum atomic E-state index is 5.97. The quantitative estimate of drug-likeness (QED) is 0.896. The molecule has 0 radical (unpaired) electrons. The zero-order valence-electron chi connectivity index (χ0n) is 12.7. The first-order valence-corrected chi connectivity index (χ1v) is 7.31. The van der Waals surface area contributed by atoms with Crippen molar-refractivity contribution in [1.29, 1.82) is 0 Å². The molecule has 0 amide bonds. The van der Waals surface area contributed by atoms with Crippen LogP contribution >= 0.6 is 0 Å².